The molecule has 0 aromatic carbocycles. The van der Waals surface area contributed by atoms with Crippen LogP contribution >= 0.6 is 0 Å². The number of aromatic nitrogens is 5. The molecule has 0 saturated carbocycles. The van der Waals surface area contributed by atoms with Gasteiger partial charge in [-0.25, -0.2) is 14.5 Å². The van der Waals surface area contributed by atoms with E-state index in [1.165, 1.54) is 6.20 Å². The monoisotopic (exact) mass is 341 g/mol. The quantitative estimate of drug-likeness (QED) is 0.636. The van der Waals surface area contributed by atoms with Gasteiger partial charge in [0.2, 0.25) is 0 Å². The van der Waals surface area contributed by atoms with Crippen molar-refractivity contribution >= 4 is 5.97 Å². The van der Waals surface area contributed by atoms with Crippen molar-refractivity contribution in [3.8, 4) is 5.82 Å². The van der Waals surface area contributed by atoms with Crippen LogP contribution in [0.5, 0.6) is 0 Å². The lowest BCUT2D eigenvalue weighted by Crippen LogP contribution is -2.08. The Hall–Kier alpha value is -3.03. The molecule has 0 aliphatic carbocycles. The number of hydrogen-bond acceptors (Lipinski definition) is 7. The topological polar surface area (TPSA) is 95.9 Å². The summed E-state index contributed by atoms with van der Waals surface area (Å²) >= 11 is 0. The Kier molecular flexibility index (Phi) is 4.87. The zero-order chi connectivity index (χ0) is 17.8. The molecule has 0 aliphatic rings. The van der Waals surface area contributed by atoms with E-state index in [-0.39, 0.29) is 12.5 Å². The van der Waals surface area contributed by atoms with E-state index in [9.17, 15) is 4.79 Å². The van der Waals surface area contributed by atoms with Crippen molar-refractivity contribution in [3.05, 3.63) is 53.6 Å². The van der Waals surface area contributed by atoms with Crippen molar-refractivity contribution in [3.63, 3.8) is 0 Å². The number of nitrogens with zero attached hydrogens (tertiary/aromatic N) is 5. The van der Waals surface area contributed by atoms with Crippen molar-refractivity contribution in [2.75, 3.05) is 0 Å². The highest BCUT2D eigenvalue weighted by atomic mass is 16.6. The summed E-state index contributed by atoms with van der Waals surface area (Å²) < 4.78 is 11.9. The smallest absolute Gasteiger partial charge is 0.342 e. The van der Waals surface area contributed by atoms with E-state index < -0.39 is 5.97 Å². The average molecular weight is 341 g/mol. The molecule has 8 nitrogen and oxygen atoms in total. The van der Waals surface area contributed by atoms with Crippen LogP contribution in [0.3, 0.4) is 0 Å². The fourth-order valence-electron chi connectivity index (χ4n) is 2.32. The van der Waals surface area contributed by atoms with Gasteiger partial charge in [0.1, 0.15) is 5.56 Å². The lowest BCUT2D eigenvalue weighted by atomic mass is 10.1. The number of pyridine rings is 1. The first kappa shape index (κ1) is 16.8. The van der Waals surface area contributed by atoms with Gasteiger partial charge in [0.15, 0.2) is 18.2 Å². The summed E-state index contributed by atoms with van der Waals surface area (Å²) in [5, 5.41) is 8.07. The predicted octanol–water partition coefficient (Wildman–Crippen LogP) is 2.51. The molecule has 0 saturated heterocycles. The number of carbonyl (C=O) groups is 1. The van der Waals surface area contributed by atoms with Gasteiger partial charge in [-0.05, 0) is 25.0 Å². The van der Waals surface area contributed by atoms with Crippen LogP contribution in [0.4, 0.5) is 0 Å². The molecule has 0 amide bonds. The second-order valence-corrected chi connectivity index (χ2v) is 6.02. The summed E-state index contributed by atoms with van der Waals surface area (Å²) in [5.74, 6) is 1.45. The third kappa shape index (κ3) is 3.90. The number of rotatable bonds is 6. The Morgan fingerprint density at radius 1 is 1.36 bits per heavy atom. The Labute approximate surface area is 144 Å². The molecule has 0 bridgehead atoms. The lowest BCUT2D eigenvalue weighted by molar-refractivity contribution is 0.0429. The fourth-order valence-corrected chi connectivity index (χ4v) is 2.32. The highest BCUT2D eigenvalue weighted by Gasteiger charge is 2.18. The first-order valence-corrected chi connectivity index (χ1v) is 7.99. The largest absolute Gasteiger partial charge is 0.452 e. The molecule has 0 atom stereocenters. The molecule has 0 radical (unpaired) electrons. The van der Waals surface area contributed by atoms with Crippen LogP contribution in [-0.4, -0.2) is 30.9 Å². The first-order chi connectivity index (χ1) is 12.0. The Balaban J connectivity index is 1.66. The molecule has 3 heterocycles. The van der Waals surface area contributed by atoms with Crippen molar-refractivity contribution in [1.29, 1.82) is 0 Å². The van der Waals surface area contributed by atoms with E-state index in [1.807, 2.05) is 18.2 Å². The van der Waals surface area contributed by atoms with Crippen molar-refractivity contribution in [2.24, 2.45) is 5.92 Å². The zero-order valence-electron chi connectivity index (χ0n) is 14.3. The predicted molar refractivity (Wildman–Crippen MR) is 88.1 cm³/mol. The van der Waals surface area contributed by atoms with Crippen LogP contribution in [0.2, 0.25) is 0 Å². The van der Waals surface area contributed by atoms with Gasteiger partial charge in [-0.2, -0.15) is 10.1 Å². The summed E-state index contributed by atoms with van der Waals surface area (Å²) in [4.78, 5) is 20.7. The first-order valence-electron chi connectivity index (χ1n) is 7.99. The summed E-state index contributed by atoms with van der Waals surface area (Å²) in [6.07, 6.45) is 3.84. The molecule has 25 heavy (non-hydrogen) atoms. The number of ether oxygens (including phenoxy) is 1. The second kappa shape index (κ2) is 7.25. The summed E-state index contributed by atoms with van der Waals surface area (Å²) in [6, 6.07) is 5.48. The average Bonchev–Trinajstić information content (AvgIpc) is 3.19. The van der Waals surface area contributed by atoms with Crippen molar-refractivity contribution in [2.45, 2.75) is 33.8 Å². The standard InChI is InChI=1S/C17H19N5O3/c1-11(2)8-14-20-16(25-21-14)10-24-17(23)13-9-19-22(12(13)3)15-6-4-5-7-18-15/h4-7,9,11H,8,10H2,1-3H3. The minimum absolute atomic E-state index is 0.0713. The Bertz CT molecular complexity index is 854. The van der Waals surface area contributed by atoms with Crippen LogP contribution in [-0.2, 0) is 17.8 Å². The number of carbonyl (C=O) groups excluding carboxylic acids is 1. The van der Waals surface area contributed by atoms with Crippen LogP contribution in [0.1, 0.15) is 41.6 Å². The van der Waals surface area contributed by atoms with Crippen LogP contribution in [0.25, 0.3) is 5.82 Å². The SMILES string of the molecule is Cc1c(C(=O)OCc2nc(CC(C)C)no2)cnn1-c1ccccn1. The molecule has 3 rings (SSSR count). The van der Waals surface area contributed by atoms with Gasteiger partial charge in [0, 0.05) is 12.6 Å². The van der Waals surface area contributed by atoms with Crippen molar-refractivity contribution < 1.29 is 14.1 Å². The number of hydrogen-bond donors (Lipinski definition) is 0. The van der Waals surface area contributed by atoms with Gasteiger partial charge >= 0.3 is 5.97 Å². The molecular formula is C17H19N5O3. The molecular weight excluding hydrogens is 322 g/mol. The second-order valence-electron chi connectivity index (χ2n) is 6.02. The third-order valence-corrected chi connectivity index (χ3v) is 3.52. The van der Waals surface area contributed by atoms with Gasteiger partial charge in [-0.1, -0.05) is 25.1 Å². The van der Waals surface area contributed by atoms with E-state index in [4.69, 9.17) is 9.26 Å². The molecule has 3 aromatic heterocycles. The Morgan fingerprint density at radius 3 is 2.92 bits per heavy atom. The fraction of sp³-hybridized carbons (Fsp3) is 0.353. The summed E-state index contributed by atoms with van der Waals surface area (Å²) in [7, 11) is 0. The minimum atomic E-state index is -0.497. The Morgan fingerprint density at radius 2 is 2.20 bits per heavy atom. The van der Waals surface area contributed by atoms with Gasteiger partial charge in [0.05, 0.1) is 11.9 Å². The van der Waals surface area contributed by atoms with E-state index in [0.717, 1.165) is 0 Å². The van der Waals surface area contributed by atoms with Crippen LogP contribution in [0.15, 0.2) is 35.1 Å². The van der Waals surface area contributed by atoms with Gasteiger partial charge < -0.3 is 9.26 Å². The van der Waals surface area contributed by atoms with E-state index in [0.29, 0.717) is 35.2 Å². The highest BCUT2D eigenvalue weighted by molar-refractivity contribution is 5.90. The van der Waals surface area contributed by atoms with Gasteiger partial charge in [0.25, 0.3) is 5.89 Å². The molecule has 0 N–H and O–H groups in total. The van der Waals surface area contributed by atoms with E-state index in [1.54, 1.807) is 17.8 Å². The van der Waals surface area contributed by atoms with Gasteiger partial charge in [-0.3, -0.25) is 0 Å². The van der Waals surface area contributed by atoms with E-state index >= 15 is 0 Å². The maximum Gasteiger partial charge on any atom is 0.342 e. The molecule has 3 aromatic rings. The summed E-state index contributed by atoms with van der Waals surface area (Å²) in [5.41, 5.74) is 1.02. The van der Waals surface area contributed by atoms with Crippen molar-refractivity contribution in [1.82, 2.24) is 24.9 Å². The lowest BCUT2D eigenvalue weighted by Gasteiger charge is -2.04. The molecule has 130 valence electrons. The minimum Gasteiger partial charge on any atom is -0.452 e. The molecule has 0 aliphatic heterocycles. The van der Waals surface area contributed by atoms with Gasteiger partial charge in [-0.15, -0.1) is 0 Å². The van der Waals surface area contributed by atoms with Crippen LogP contribution < -0.4 is 0 Å². The van der Waals surface area contributed by atoms with E-state index in [2.05, 4.69) is 34.1 Å². The number of esters is 1. The summed E-state index contributed by atoms with van der Waals surface area (Å²) in [6.45, 7) is 5.85. The molecule has 0 spiro atoms. The third-order valence-electron chi connectivity index (χ3n) is 3.52. The maximum atomic E-state index is 12.3. The van der Waals surface area contributed by atoms with Crippen LogP contribution in [0, 0.1) is 12.8 Å². The normalized spacial score (nSPS) is 11.0. The molecule has 8 heteroatoms. The molecule has 0 unspecified atom stereocenters. The highest BCUT2D eigenvalue weighted by Crippen LogP contribution is 2.14. The zero-order valence-corrected chi connectivity index (χ0v) is 14.3. The maximum absolute atomic E-state index is 12.3. The molecule has 0 fully saturated rings.